The van der Waals surface area contributed by atoms with Crippen LogP contribution in [0.2, 0.25) is 5.02 Å². The predicted octanol–water partition coefficient (Wildman–Crippen LogP) is 4.60. The molecule has 0 fully saturated rings. The molecule has 0 atom stereocenters. The number of ketones is 1. The molecule has 0 radical (unpaired) electrons. The van der Waals surface area contributed by atoms with Gasteiger partial charge in [0.25, 0.3) is 0 Å². The molecule has 110 valence electrons. The first kappa shape index (κ1) is 15.4. The average Bonchev–Trinajstić information content (AvgIpc) is 2.45. The van der Waals surface area contributed by atoms with Gasteiger partial charge in [-0.1, -0.05) is 23.7 Å². The zero-order chi connectivity index (χ0) is 15.6. The Morgan fingerprint density at radius 3 is 2.48 bits per heavy atom. The Labute approximate surface area is 124 Å². The Balaban J connectivity index is 2.46. The first-order valence-electron chi connectivity index (χ1n) is 5.88. The Hall–Kier alpha value is -2.01. The van der Waals surface area contributed by atoms with E-state index in [4.69, 9.17) is 16.3 Å². The molecule has 0 unspecified atom stereocenters. The highest BCUT2D eigenvalue weighted by atomic mass is 35.5. The summed E-state index contributed by atoms with van der Waals surface area (Å²) in [7, 11) is 1.36. The van der Waals surface area contributed by atoms with E-state index in [0.29, 0.717) is 5.02 Å². The van der Waals surface area contributed by atoms with E-state index in [1.807, 2.05) is 0 Å². The van der Waals surface area contributed by atoms with Gasteiger partial charge in [-0.05, 0) is 30.3 Å². The molecular formula is C15H10ClF3O2. The summed E-state index contributed by atoms with van der Waals surface area (Å²) in [5.74, 6) is -0.348. The van der Waals surface area contributed by atoms with E-state index in [-0.39, 0.29) is 16.9 Å². The number of halogens is 4. The van der Waals surface area contributed by atoms with Gasteiger partial charge < -0.3 is 4.74 Å². The monoisotopic (exact) mass is 314 g/mol. The van der Waals surface area contributed by atoms with Crippen molar-refractivity contribution in [3.63, 3.8) is 0 Å². The first-order chi connectivity index (χ1) is 9.82. The highest BCUT2D eigenvalue weighted by Gasteiger charge is 2.31. The van der Waals surface area contributed by atoms with Crippen LogP contribution in [0.1, 0.15) is 21.5 Å². The minimum atomic E-state index is -4.50. The summed E-state index contributed by atoms with van der Waals surface area (Å²) in [6.45, 7) is 0. The molecule has 2 rings (SSSR count). The van der Waals surface area contributed by atoms with Gasteiger partial charge in [0, 0.05) is 10.6 Å². The standard InChI is InChI=1S/C15H10ClF3O2/c1-21-13-8-11(16)5-6-12(13)14(20)9-3-2-4-10(7-9)15(17,18)19/h2-8H,1H3. The van der Waals surface area contributed by atoms with Crippen LogP contribution in [0.5, 0.6) is 5.75 Å². The van der Waals surface area contributed by atoms with Gasteiger partial charge in [-0.15, -0.1) is 0 Å². The molecule has 0 aliphatic heterocycles. The van der Waals surface area contributed by atoms with E-state index in [2.05, 4.69) is 0 Å². The van der Waals surface area contributed by atoms with Crippen molar-refractivity contribution in [2.75, 3.05) is 7.11 Å². The van der Waals surface area contributed by atoms with Gasteiger partial charge in [-0.25, -0.2) is 0 Å². The summed E-state index contributed by atoms with van der Waals surface area (Å²) in [5, 5.41) is 0.368. The van der Waals surface area contributed by atoms with Crippen LogP contribution in [0.15, 0.2) is 42.5 Å². The number of ether oxygens (including phenoxy) is 1. The van der Waals surface area contributed by atoms with Crippen molar-refractivity contribution in [1.82, 2.24) is 0 Å². The van der Waals surface area contributed by atoms with Crippen molar-refractivity contribution in [2.45, 2.75) is 6.18 Å². The largest absolute Gasteiger partial charge is 0.496 e. The van der Waals surface area contributed by atoms with E-state index in [1.54, 1.807) is 0 Å². The lowest BCUT2D eigenvalue weighted by Crippen LogP contribution is -2.09. The van der Waals surface area contributed by atoms with Crippen LogP contribution in [0, 0.1) is 0 Å². The molecule has 2 nitrogen and oxygen atoms in total. The van der Waals surface area contributed by atoms with Crippen LogP contribution in [0.25, 0.3) is 0 Å². The molecule has 2 aromatic carbocycles. The number of hydrogen-bond donors (Lipinski definition) is 0. The molecule has 0 saturated heterocycles. The third kappa shape index (κ3) is 3.36. The van der Waals surface area contributed by atoms with E-state index >= 15 is 0 Å². The SMILES string of the molecule is COc1cc(Cl)ccc1C(=O)c1cccc(C(F)(F)F)c1. The molecule has 21 heavy (non-hydrogen) atoms. The maximum Gasteiger partial charge on any atom is 0.416 e. The lowest BCUT2D eigenvalue weighted by molar-refractivity contribution is -0.137. The lowest BCUT2D eigenvalue weighted by atomic mass is 10.0. The highest BCUT2D eigenvalue weighted by molar-refractivity contribution is 6.31. The second-order valence-electron chi connectivity index (χ2n) is 4.25. The van der Waals surface area contributed by atoms with Crippen molar-refractivity contribution in [3.8, 4) is 5.75 Å². The summed E-state index contributed by atoms with van der Waals surface area (Å²) in [4.78, 5) is 12.3. The zero-order valence-corrected chi connectivity index (χ0v) is 11.6. The molecule has 0 amide bonds. The average molecular weight is 315 g/mol. The van der Waals surface area contributed by atoms with E-state index < -0.39 is 17.5 Å². The molecule has 6 heteroatoms. The fourth-order valence-corrected chi connectivity index (χ4v) is 2.01. The van der Waals surface area contributed by atoms with E-state index in [0.717, 1.165) is 12.1 Å². The van der Waals surface area contributed by atoms with Gasteiger partial charge in [-0.2, -0.15) is 13.2 Å². The number of rotatable bonds is 3. The van der Waals surface area contributed by atoms with Crippen molar-refractivity contribution < 1.29 is 22.7 Å². The van der Waals surface area contributed by atoms with E-state index in [1.165, 1.54) is 37.4 Å². The quantitative estimate of drug-likeness (QED) is 0.774. The molecule has 0 spiro atoms. The van der Waals surface area contributed by atoms with Crippen LogP contribution >= 0.6 is 11.6 Å². The first-order valence-corrected chi connectivity index (χ1v) is 6.26. The maximum absolute atomic E-state index is 12.7. The highest BCUT2D eigenvalue weighted by Crippen LogP contribution is 2.31. The number of carbonyl (C=O) groups excluding carboxylic acids is 1. The van der Waals surface area contributed by atoms with Gasteiger partial charge in [0.1, 0.15) is 5.75 Å². The maximum atomic E-state index is 12.7. The Morgan fingerprint density at radius 1 is 1.14 bits per heavy atom. The van der Waals surface area contributed by atoms with Gasteiger partial charge in [0.15, 0.2) is 5.78 Å². The summed E-state index contributed by atoms with van der Waals surface area (Å²) in [6.07, 6.45) is -4.50. The Morgan fingerprint density at radius 2 is 1.86 bits per heavy atom. The van der Waals surface area contributed by atoms with Gasteiger partial charge in [-0.3, -0.25) is 4.79 Å². The summed E-state index contributed by atoms with van der Waals surface area (Å²) < 4.78 is 43.1. The second-order valence-corrected chi connectivity index (χ2v) is 4.69. The lowest BCUT2D eigenvalue weighted by Gasteiger charge is -2.10. The smallest absolute Gasteiger partial charge is 0.416 e. The van der Waals surface area contributed by atoms with Crippen molar-refractivity contribution in [2.24, 2.45) is 0 Å². The van der Waals surface area contributed by atoms with Crippen LogP contribution in [0.4, 0.5) is 13.2 Å². The molecule has 0 bridgehead atoms. The number of benzene rings is 2. The molecule has 0 aliphatic carbocycles. The van der Waals surface area contributed by atoms with Gasteiger partial charge >= 0.3 is 6.18 Å². The molecule has 2 aromatic rings. The molecule has 0 saturated carbocycles. The van der Waals surface area contributed by atoms with E-state index in [9.17, 15) is 18.0 Å². The molecule has 0 N–H and O–H groups in total. The fraction of sp³-hybridized carbons (Fsp3) is 0.133. The number of methoxy groups -OCH3 is 1. The summed E-state index contributed by atoms with van der Waals surface area (Å²) >= 11 is 5.79. The fourth-order valence-electron chi connectivity index (χ4n) is 1.84. The molecule has 0 aliphatic rings. The Bertz CT molecular complexity index is 681. The van der Waals surface area contributed by atoms with Crippen molar-refractivity contribution in [1.29, 1.82) is 0 Å². The minimum Gasteiger partial charge on any atom is -0.496 e. The normalized spacial score (nSPS) is 11.3. The van der Waals surface area contributed by atoms with Crippen molar-refractivity contribution >= 4 is 17.4 Å². The molecule has 0 aromatic heterocycles. The van der Waals surface area contributed by atoms with Gasteiger partial charge in [0.2, 0.25) is 0 Å². The van der Waals surface area contributed by atoms with Crippen LogP contribution < -0.4 is 4.74 Å². The minimum absolute atomic E-state index is 0.0644. The Kier molecular flexibility index (Phi) is 4.23. The zero-order valence-electron chi connectivity index (χ0n) is 10.9. The summed E-state index contributed by atoms with van der Waals surface area (Å²) in [5.41, 5.74) is -0.784. The van der Waals surface area contributed by atoms with Crippen LogP contribution in [0.3, 0.4) is 0 Å². The van der Waals surface area contributed by atoms with Crippen molar-refractivity contribution in [3.05, 3.63) is 64.2 Å². The third-order valence-corrected chi connectivity index (χ3v) is 3.10. The second kappa shape index (κ2) is 5.77. The summed E-state index contributed by atoms with van der Waals surface area (Å²) in [6, 6.07) is 8.58. The van der Waals surface area contributed by atoms with Crippen LogP contribution in [-0.2, 0) is 6.18 Å². The van der Waals surface area contributed by atoms with Gasteiger partial charge in [0.05, 0.1) is 18.2 Å². The van der Waals surface area contributed by atoms with Crippen LogP contribution in [-0.4, -0.2) is 12.9 Å². The third-order valence-electron chi connectivity index (χ3n) is 2.86. The number of hydrogen-bond acceptors (Lipinski definition) is 2. The predicted molar refractivity (Wildman–Crippen MR) is 72.9 cm³/mol. The number of carbonyl (C=O) groups is 1. The molecule has 0 heterocycles. The topological polar surface area (TPSA) is 26.3 Å². The molecular weight excluding hydrogens is 305 g/mol. The number of alkyl halides is 3.